The SMILES string of the molecule is CN(C(=O)NC1CC1)C1CCNC1. The number of nitrogens with one attached hydrogen (secondary N) is 2. The first-order valence-corrected chi connectivity index (χ1v) is 5.01. The maximum absolute atomic E-state index is 11.6. The molecule has 2 amide bonds. The third kappa shape index (κ3) is 2.12. The molecule has 2 aliphatic rings. The Morgan fingerprint density at radius 2 is 2.23 bits per heavy atom. The Hall–Kier alpha value is -0.770. The van der Waals surface area contributed by atoms with Gasteiger partial charge in [-0.1, -0.05) is 0 Å². The standard InChI is InChI=1S/C9H17N3O/c1-12(8-4-5-10-6-8)9(13)11-7-2-3-7/h7-8,10H,2-6H2,1H3,(H,11,13). The number of likely N-dealkylation sites (N-methyl/N-ethyl adjacent to an activating group) is 1. The van der Waals surface area contributed by atoms with Crippen molar-refractivity contribution in [1.82, 2.24) is 15.5 Å². The molecular weight excluding hydrogens is 166 g/mol. The number of rotatable bonds is 2. The fourth-order valence-corrected chi connectivity index (χ4v) is 1.64. The van der Waals surface area contributed by atoms with Crippen molar-refractivity contribution in [2.75, 3.05) is 20.1 Å². The molecule has 1 saturated carbocycles. The lowest BCUT2D eigenvalue weighted by molar-refractivity contribution is 0.193. The first kappa shape index (κ1) is 8.81. The summed E-state index contributed by atoms with van der Waals surface area (Å²) in [6.07, 6.45) is 3.39. The monoisotopic (exact) mass is 183 g/mol. The lowest BCUT2D eigenvalue weighted by Crippen LogP contribution is -2.45. The zero-order chi connectivity index (χ0) is 9.26. The van der Waals surface area contributed by atoms with Gasteiger partial charge in [-0.3, -0.25) is 0 Å². The van der Waals surface area contributed by atoms with Crippen LogP contribution in [0.1, 0.15) is 19.3 Å². The average molecular weight is 183 g/mol. The molecule has 0 bridgehead atoms. The van der Waals surface area contributed by atoms with E-state index in [1.165, 1.54) is 0 Å². The fraction of sp³-hybridized carbons (Fsp3) is 0.889. The predicted molar refractivity (Wildman–Crippen MR) is 50.6 cm³/mol. The molecule has 1 heterocycles. The Balaban J connectivity index is 1.79. The van der Waals surface area contributed by atoms with Crippen LogP contribution in [0, 0.1) is 0 Å². The van der Waals surface area contributed by atoms with Crippen molar-refractivity contribution in [3.63, 3.8) is 0 Å². The summed E-state index contributed by atoms with van der Waals surface area (Å²) < 4.78 is 0. The smallest absolute Gasteiger partial charge is 0.317 e. The molecule has 13 heavy (non-hydrogen) atoms. The molecule has 1 unspecified atom stereocenters. The molecule has 0 radical (unpaired) electrons. The van der Waals surface area contributed by atoms with E-state index in [4.69, 9.17) is 0 Å². The van der Waals surface area contributed by atoms with E-state index in [-0.39, 0.29) is 6.03 Å². The van der Waals surface area contributed by atoms with E-state index in [2.05, 4.69) is 10.6 Å². The first-order valence-electron chi connectivity index (χ1n) is 5.01. The van der Waals surface area contributed by atoms with E-state index in [0.717, 1.165) is 32.4 Å². The van der Waals surface area contributed by atoms with E-state index >= 15 is 0 Å². The minimum absolute atomic E-state index is 0.0937. The van der Waals surface area contributed by atoms with Gasteiger partial charge in [0.1, 0.15) is 0 Å². The Morgan fingerprint density at radius 1 is 1.46 bits per heavy atom. The number of hydrogen-bond acceptors (Lipinski definition) is 2. The van der Waals surface area contributed by atoms with E-state index in [1.807, 2.05) is 11.9 Å². The number of carbonyl (C=O) groups is 1. The average Bonchev–Trinajstić information content (AvgIpc) is 2.78. The van der Waals surface area contributed by atoms with Crippen LogP contribution in [0.2, 0.25) is 0 Å². The van der Waals surface area contributed by atoms with Crippen LogP contribution in [0.3, 0.4) is 0 Å². The number of hydrogen-bond donors (Lipinski definition) is 2. The minimum Gasteiger partial charge on any atom is -0.335 e. The van der Waals surface area contributed by atoms with E-state index in [0.29, 0.717) is 12.1 Å². The van der Waals surface area contributed by atoms with Gasteiger partial charge in [-0.25, -0.2) is 4.79 Å². The van der Waals surface area contributed by atoms with Crippen LogP contribution in [-0.2, 0) is 0 Å². The summed E-state index contributed by atoms with van der Waals surface area (Å²) in [4.78, 5) is 13.4. The van der Waals surface area contributed by atoms with Gasteiger partial charge in [0.05, 0.1) is 0 Å². The molecule has 0 aromatic heterocycles. The molecule has 74 valence electrons. The highest BCUT2D eigenvalue weighted by Gasteiger charge is 2.28. The van der Waals surface area contributed by atoms with Crippen LogP contribution < -0.4 is 10.6 Å². The molecule has 0 aromatic rings. The number of urea groups is 1. The van der Waals surface area contributed by atoms with Crippen molar-refractivity contribution in [3.8, 4) is 0 Å². The molecule has 0 spiro atoms. The molecule has 1 saturated heterocycles. The third-order valence-electron chi connectivity index (χ3n) is 2.81. The summed E-state index contributed by atoms with van der Waals surface area (Å²) in [7, 11) is 1.88. The summed E-state index contributed by atoms with van der Waals surface area (Å²) in [5.41, 5.74) is 0. The number of amides is 2. The summed E-state index contributed by atoms with van der Waals surface area (Å²) >= 11 is 0. The number of carbonyl (C=O) groups excluding carboxylic acids is 1. The van der Waals surface area contributed by atoms with Crippen LogP contribution in [-0.4, -0.2) is 43.2 Å². The zero-order valence-corrected chi connectivity index (χ0v) is 8.05. The molecule has 1 aliphatic heterocycles. The van der Waals surface area contributed by atoms with Gasteiger partial charge < -0.3 is 15.5 Å². The Bertz CT molecular complexity index is 197. The van der Waals surface area contributed by atoms with Crippen LogP contribution in [0.4, 0.5) is 4.79 Å². The van der Waals surface area contributed by atoms with Crippen LogP contribution in [0.25, 0.3) is 0 Å². The fourth-order valence-electron chi connectivity index (χ4n) is 1.64. The maximum atomic E-state index is 11.6. The molecule has 4 heteroatoms. The van der Waals surface area contributed by atoms with Crippen LogP contribution in [0.15, 0.2) is 0 Å². The van der Waals surface area contributed by atoms with Gasteiger partial charge in [-0.2, -0.15) is 0 Å². The van der Waals surface area contributed by atoms with Crippen molar-refractivity contribution >= 4 is 6.03 Å². The molecule has 2 fully saturated rings. The topological polar surface area (TPSA) is 44.4 Å². The Kier molecular flexibility index (Phi) is 2.40. The van der Waals surface area contributed by atoms with E-state index in [1.54, 1.807) is 0 Å². The highest BCUT2D eigenvalue weighted by Crippen LogP contribution is 2.19. The van der Waals surface area contributed by atoms with Crippen molar-refractivity contribution in [3.05, 3.63) is 0 Å². The van der Waals surface area contributed by atoms with E-state index in [9.17, 15) is 4.79 Å². The highest BCUT2D eigenvalue weighted by molar-refractivity contribution is 5.75. The second-order valence-corrected chi connectivity index (χ2v) is 3.98. The Labute approximate surface area is 78.7 Å². The maximum Gasteiger partial charge on any atom is 0.317 e. The summed E-state index contributed by atoms with van der Waals surface area (Å²) in [6, 6.07) is 0.944. The summed E-state index contributed by atoms with van der Waals surface area (Å²) in [5.74, 6) is 0. The van der Waals surface area contributed by atoms with Gasteiger partial charge in [0.2, 0.25) is 0 Å². The summed E-state index contributed by atoms with van der Waals surface area (Å²) in [5, 5.41) is 6.25. The van der Waals surface area contributed by atoms with Crippen LogP contribution >= 0.6 is 0 Å². The molecule has 1 aliphatic carbocycles. The van der Waals surface area contributed by atoms with Gasteiger partial charge >= 0.3 is 6.03 Å². The van der Waals surface area contributed by atoms with Crippen molar-refractivity contribution in [2.45, 2.75) is 31.3 Å². The Morgan fingerprint density at radius 3 is 2.77 bits per heavy atom. The van der Waals surface area contributed by atoms with Gasteiger partial charge in [-0.05, 0) is 25.8 Å². The van der Waals surface area contributed by atoms with Gasteiger partial charge in [0, 0.05) is 25.7 Å². The largest absolute Gasteiger partial charge is 0.335 e. The number of nitrogens with zero attached hydrogens (tertiary/aromatic N) is 1. The summed E-state index contributed by atoms with van der Waals surface area (Å²) in [6.45, 7) is 1.97. The lowest BCUT2D eigenvalue weighted by Gasteiger charge is -2.23. The third-order valence-corrected chi connectivity index (χ3v) is 2.81. The van der Waals surface area contributed by atoms with Crippen molar-refractivity contribution in [2.24, 2.45) is 0 Å². The second-order valence-electron chi connectivity index (χ2n) is 3.98. The van der Waals surface area contributed by atoms with Gasteiger partial charge in [0.15, 0.2) is 0 Å². The minimum atomic E-state index is 0.0937. The molecule has 2 rings (SSSR count). The van der Waals surface area contributed by atoms with Gasteiger partial charge in [-0.15, -0.1) is 0 Å². The van der Waals surface area contributed by atoms with Crippen molar-refractivity contribution < 1.29 is 4.79 Å². The predicted octanol–water partition coefficient (Wildman–Crippen LogP) is 0.152. The molecule has 0 aromatic carbocycles. The highest BCUT2D eigenvalue weighted by atomic mass is 16.2. The quantitative estimate of drug-likeness (QED) is 0.640. The zero-order valence-electron chi connectivity index (χ0n) is 8.05. The first-order chi connectivity index (χ1) is 6.27. The van der Waals surface area contributed by atoms with E-state index < -0.39 is 0 Å². The molecular formula is C9H17N3O. The van der Waals surface area contributed by atoms with Gasteiger partial charge in [0.25, 0.3) is 0 Å². The van der Waals surface area contributed by atoms with Crippen LogP contribution in [0.5, 0.6) is 0 Å². The normalized spacial score (nSPS) is 27.3. The molecule has 4 nitrogen and oxygen atoms in total. The van der Waals surface area contributed by atoms with Crippen molar-refractivity contribution in [1.29, 1.82) is 0 Å². The second kappa shape index (κ2) is 3.54. The molecule has 2 N–H and O–H groups in total. The molecule has 1 atom stereocenters. The lowest BCUT2D eigenvalue weighted by atomic mass is 10.2.